The molecule has 20 heavy (non-hydrogen) atoms. The fourth-order valence-electron chi connectivity index (χ4n) is 2.47. The maximum Gasteiger partial charge on any atom is 0.0690 e. The second-order valence-corrected chi connectivity index (χ2v) is 5.24. The normalized spacial score (nSPS) is 12.7. The zero-order chi connectivity index (χ0) is 14.7. The fraction of sp³-hybridized carbons (Fsp3) is 0.467. The predicted octanol–water partition coefficient (Wildman–Crippen LogP) is 1.74. The van der Waals surface area contributed by atoms with E-state index < -0.39 is 0 Å². The third kappa shape index (κ3) is 3.05. The van der Waals surface area contributed by atoms with Crippen molar-refractivity contribution in [1.29, 1.82) is 0 Å². The van der Waals surface area contributed by atoms with Crippen LogP contribution in [0.25, 0.3) is 0 Å². The maximum atomic E-state index is 5.73. The molecule has 0 radical (unpaired) electrons. The lowest BCUT2D eigenvalue weighted by Crippen LogP contribution is -2.31. The van der Waals surface area contributed by atoms with E-state index >= 15 is 0 Å². The van der Waals surface area contributed by atoms with Crippen molar-refractivity contribution in [1.82, 2.24) is 20.2 Å². The van der Waals surface area contributed by atoms with Crippen molar-refractivity contribution in [3.63, 3.8) is 0 Å². The van der Waals surface area contributed by atoms with Crippen LogP contribution >= 0.6 is 0 Å². The minimum atomic E-state index is -0.00398. The molecule has 0 aliphatic rings. The van der Waals surface area contributed by atoms with Gasteiger partial charge in [0.25, 0.3) is 0 Å². The smallest absolute Gasteiger partial charge is 0.0690 e. The largest absolute Gasteiger partial charge is 0.272 e. The summed E-state index contributed by atoms with van der Waals surface area (Å²) in [4.78, 5) is 4.53. The van der Waals surface area contributed by atoms with Gasteiger partial charge in [-0.25, -0.2) is 0 Å². The predicted molar refractivity (Wildman–Crippen MR) is 80.1 cm³/mol. The number of hydrogen-bond donors (Lipinski definition) is 2. The highest BCUT2D eigenvalue weighted by Gasteiger charge is 2.17. The van der Waals surface area contributed by atoms with Crippen LogP contribution in [0.2, 0.25) is 0 Å². The topological polar surface area (TPSA) is 68.8 Å². The lowest BCUT2D eigenvalue weighted by Gasteiger charge is -2.17. The molecule has 2 rings (SSSR count). The Morgan fingerprint density at radius 1 is 1.35 bits per heavy atom. The Kier molecular flexibility index (Phi) is 4.52. The van der Waals surface area contributed by atoms with Crippen molar-refractivity contribution in [3.05, 3.63) is 46.5 Å². The maximum absolute atomic E-state index is 5.73. The summed E-state index contributed by atoms with van der Waals surface area (Å²) in [6.07, 6.45) is 3.60. The lowest BCUT2D eigenvalue weighted by atomic mass is 10.0. The molecule has 3 N–H and O–H groups in total. The second-order valence-electron chi connectivity index (χ2n) is 5.24. The Balaban J connectivity index is 2.26. The molecule has 0 aliphatic heterocycles. The molecule has 2 heterocycles. The number of hydrogen-bond acceptors (Lipinski definition) is 4. The van der Waals surface area contributed by atoms with Crippen LogP contribution in [0.4, 0.5) is 0 Å². The van der Waals surface area contributed by atoms with Crippen molar-refractivity contribution in [2.75, 3.05) is 0 Å². The minimum Gasteiger partial charge on any atom is -0.272 e. The molecule has 2 aromatic heterocycles. The highest BCUT2D eigenvalue weighted by Crippen LogP contribution is 2.20. The molecule has 0 amide bonds. The molecule has 0 aromatic carbocycles. The summed E-state index contributed by atoms with van der Waals surface area (Å²) in [5, 5.41) is 4.47. The van der Waals surface area contributed by atoms with Gasteiger partial charge in [0.05, 0.1) is 17.4 Å². The quantitative estimate of drug-likeness (QED) is 0.643. The van der Waals surface area contributed by atoms with Crippen molar-refractivity contribution >= 4 is 0 Å². The molecule has 0 saturated carbocycles. The Morgan fingerprint density at radius 3 is 2.65 bits per heavy atom. The Morgan fingerprint density at radius 2 is 2.10 bits per heavy atom. The lowest BCUT2D eigenvalue weighted by molar-refractivity contribution is 0.515. The van der Waals surface area contributed by atoms with Gasteiger partial charge in [0.1, 0.15) is 0 Å². The molecule has 0 saturated heterocycles. The number of pyridine rings is 1. The van der Waals surface area contributed by atoms with Gasteiger partial charge < -0.3 is 0 Å². The molecule has 5 heteroatoms. The van der Waals surface area contributed by atoms with Crippen molar-refractivity contribution in [2.45, 2.75) is 39.7 Å². The van der Waals surface area contributed by atoms with E-state index in [1.54, 1.807) is 0 Å². The first-order valence-corrected chi connectivity index (χ1v) is 6.96. The van der Waals surface area contributed by atoms with Gasteiger partial charge in [-0.3, -0.25) is 20.9 Å². The highest BCUT2D eigenvalue weighted by atomic mass is 15.3. The molecule has 0 bridgehead atoms. The van der Waals surface area contributed by atoms with E-state index in [0.29, 0.717) is 0 Å². The summed E-state index contributed by atoms with van der Waals surface area (Å²) in [5.41, 5.74) is 8.46. The van der Waals surface area contributed by atoms with Crippen LogP contribution < -0.4 is 11.3 Å². The molecule has 108 valence electrons. The molecule has 1 atom stereocenters. The van der Waals surface area contributed by atoms with E-state index in [9.17, 15) is 0 Å². The second kappa shape index (κ2) is 6.15. The Hall–Kier alpha value is -1.72. The standard InChI is InChI=1S/C15H23N5/c1-5-12-7-13(20(4)19-12)8-14(18-16)15-11(3)6-10(2)9-17-15/h6-7,9,14,18H,5,8,16H2,1-4H3. The Bertz CT molecular complexity index is 588. The van der Waals surface area contributed by atoms with Gasteiger partial charge in [0.15, 0.2) is 0 Å². The first-order valence-electron chi connectivity index (χ1n) is 6.96. The summed E-state index contributed by atoms with van der Waals surface area (Å²) >= 11 is 0. The monoisotopic (exact) mass is 273 g/mol. The van der Waals surface area contributed by atoms with E-state index in [2.05, 4.69) is 41.5 Å². The minimum absolute atomic E-state index is 0.00398. The molecule has 0 spiro atoms. The zero-order valence-electron chi connectivity index (χ0n) is 12.6. The Labute approximate surface area is 120 Å². The van der Waals surface area contributed by atoms with Crippen LogP contribution in [0.5, 0.6) is 0 Å². The zero-order valence-corrected chi connectivity index (χ0v) is 12.6. The van der Waals surface area contributed by atoms with Crippen LogP contribution in [-0.4, -0.2) is 14.8 Å². The van der Waals surface area contributed by atoms with Gasteiger partial charge in [0, 0.05) is 25.4 Å². The highest BCUT2D eigenvalue weighted by molar-refractivity contribution is 5.27. The van der Waals surface area contributed by atoms with Crippen molar-refractivity contribution < 1.29 is 0 Å². The van der Waals surface area contributed by atoms with Gasteiger partial charge in [-0.15, -0.1) is 0 Å². The summed E-state index contributed by atoms with van der Waals surface area (Å²) in [6, 6.07) is 4.26. The van der Waals surface area contributed by atoms with E-state index in [0.717, 1.165) is 41.1 Å². The van der Waals surface area contributed by atoms with Crippen LogP contribution in [0.15, 0.2) is 18.3 Å². The number of nitrogens with zero attached hydrogens (tertiary/aromatic N) is 3. The molecule has 1 unspecified atom stereocenters. The molecular weight excluding hydrogens is 250 g/mol. The average molecular weight is 273 g/mol. The number of nitrogens with two attached hydrogens (primary N) is 1. The van der Waals surface area contributed by atoms with Gasteiger partial charge in [-0.2, -0.15) is 5.10 Å². The number of rotatable bonds is 5. The van der Waals surface area contributed by atoms with Crippen molar-refractivity contribution in [3.8, 4) is 0 Å². The number of aromatic nitrogens is 3. The van der Waals surface area contributed by atoms with Crippen LogP contribution in [0.1, 0.15) is 41.2 Å². The van der Waals surface area contributed by atoms with Crippen molar-refractivity contribution in [2.24, 2.45) is 12.9 Å². The molecule has 0 aliphatic carbocycles. The van der Waals surface area contributed by atoms with E-state index in [1.807, 2.05) is 24.9 Å². The SMILES string of the molecule is CCc1cc(CC(NN)c2ncc(C)cc2C)n(C)n1. The molecular formula is C15H23N5. The molecule has 5 nitrogen and oxygen atoms in total. The van der Waals surface area contributed by atoms with Crippen LogP contribution in [0, 0.1) is 13.8 Å². The summed E-state index contributed by atoms with van der Waals surface area (Å²) in [5.74, 6) is 5.73. The third-order valence-electron chi connectivity index (χ3n) is 3.59. The summed E-state index contributed by atoms with van der Waals surface area (Å²) < 4.78 is 1.92. The van der Waals surface area contributed by atoms with Gasteiger partial charge in [0.2, 0.25) is 0 Å². The van der Waals surface area contributed by atoms with Gasteiger partial charge >= 0.3 is 0 Å². The first kappa shape index (κ1) is 14.7. The number of hydrazine groups is 1. The average Bonchev–Trinajstić information content (AvgIpc) is 2.77. The fourth-order valence-corrected chi connectivity index (χ4v) is 2.47. The first-order chi connectivity index (χ1) is 9.55. The van der Waals surface area contributed by atoms with Crippen LogP contribution in [-0.2, 0) is 19.9 Å². The molecule has 2 aromatic rings. The van der Waals surface area contributed by atoms with E-state index in [-0.39, 0.29) is 6.04 Å². The van der Waals surface area contributed by atoms with Gasteiger partial charge in [-0.1, -0.05) is 13.0 Å². The third-order valence-corrected chi connectivity index (χ3v) is 3.59. The summed E-state index contributed by atoms with van der Waals surface area (Å²) in [6.45, 7) is 6.22. The van der Waals surface area contributed by atoms with E-state index in [1.165, 1.54) is 0 Å². The number of nitrogens with one attached hydrogen (secondary N) is 1. The van der Waals surface area contributed by atoms with Gasteiger partial charge in [-0.05, 0) is 37.5 Å². The number of aryl methyl sites for hydroxylation is 4. The van der Waals surface area contributed by atoms with Crippen LogP contribution in [0.3, 0.4) is 0 Å². The summed E-state index contributed by atoms with van der Waals surface area (Å²) in [7, 11) is 1.97. The molecule has 0 fully saturated rings. The van der Waals surface area contributed by atoms with E-state index in [4.69, 9.17) is 5.84 Å².